The number of hydrogen-bond acceptors (Lipinski definition) is 3. The van der Waals surface area contributed by atoms with Crippen molar-refractivity contribution in [1.82, 2.24) is 9.78 Å². The first-order chi connectivity index (χ1) is 12.3. The molecule has 3 rings (SSSR count). The first kappa shape index (κ1) is 19.5. The average Bonchev–Trinajstić information content (AvgIpc) is 3.04. The normalized spacial score (nSPS) is 11.0. The predicted molar refractivity (Wildman–Crippen MR) is 110 cm³/mol. The summed E-state index contributed by atoms with van der Waals surface area (Å²) in [7, 11) is 0. The van der Waals surface area contributed by atoms with Crippen molar-refractivity contribution in [1.29, 1.82) is 0 Å². The Balaban J connectivity index is 1.84. The van der Waals surface area contributed by atoms with Crippen LogP contribution in [0.4, 0.5) is 10.1 Å². The lowest BCUT2D eigenvalue weighted by molar-refractivity contribution is 0.103. The highest BCUT2D eigenvalue weighted by atomic mass is 79.9. The van der Waals surface area contributed by atoms with Gasteiger partial charge in [0.25, 0.3) is 5.91 Å². The van der Waals surface area contributed by atoms with E-state index >= 15 is 0 Å². The number of carbonyl (C=O) groups is 1. The van der Waals surface area contributed by atoms with Crippen molar-refractivity contribution >= 4 is 66.4 Å². The molecule has 1 amide bonds. The number of thiophene rings is 1. The van der Waals surface area contributed by atoms with Gasteiger partial charge in [0.05, 0.1) is 32.3 Å². The van der Waals surface area contributed by atoms with E-state index in [1.54, 1.807) is 16.8 Å². The van der Waals surface area contributed by atoms with Gasteiger partial charge in [-0.15, -0.1) is 11.3 Å². The molecule has 2 heterocycles. The Hall–Kier alpha value is -1.22. The van der Waals surface area contributed by atoms with Crippen molar-refractivity contribution in [2.24, 2.45) is 0 Å². The zero-order valence-corrected chi connectivity index (χ0v) is 18.5. The zero-order chi connectivity index (χ0) is 19.0. The number of nitrogens with zero attached hydrogens (tertiary/aromatic N) is 2. The maximum absolute atomic E-state index is 13.2. The first-order valence-corrected chi connectivity index (χ1v) is 10.3. The van der Waals surface area contributed by atoms with Crippen molar-refractivity contribution in [3.8, 4) is 0 Å². The Labute approximate surface area is 175 Å². The number of benzene rings is 1. The molecule has 1 aromatic carbocycles. The topological polar surface area (TPSA) is 46.9 Å². The molecule has 0 radical (unpaired) electrons. The second-order valence-electron chi connectivity index (χ2n) is 5.63. The smallest absolute Gasteiger partial charge is 0.265 e. The van der Waals surface area contributed by atoms with Gasteiger partial charge in [0.15, 0.2) is 0 Å². The van der Waals surface area contributed by atoms with E-state index in [0.717, 1.165) is 19.5 Å². The van der Waals surface area contributed by atoms with Crippen LogP contribution in [0.25, 0.3) is 0 Å². The van der Waals surface area contributed by atoms with Crippen LogP contribution in [-0.4, -0.2) is 15.7 Å². The number of anilines is 1. The van der Waals surface area contributed by atoms with E-state index in [-0.39, 0.29) is 11.7 Å². The third-order valence-electron chi connectivity index (χ3n) is 3.82. The van der Waals surface area contributed by atoms with Gasteiger partial charge in [-0.25, -0.2) is 4.39 Å². The summed E-state index contributed by atoms with van der Waals surface area (Å²) in [4.78, 5) is 13.1. The van der Waals surface area contributed by atoms with Crippen LogP contribution < -0.4 is 5.32 Å². The molecule has 0 unspecified atom stereocenters. The molecule has 136 valence electrons. The van der Waals surface area contributed by atoms with Crippen LogP contribution in [0.1, 0.15) is 26.6 Å². The van der Waals surface area contributed by atoms with Gasteiger partial charge in [0, 0.05) is 9.50 Å². The summed E-state index contributed by atoms with van der Waals surface area (Å²) < 4.78 is 16.6. The minimum atomic E-state index is -0.381. The van der Waals surface area contributed by atoms with Crippen LogP contribution in [0.5, 0.6) is 0 Å². The maximum Gasteiger partial charge on any atom is 0.265 e. The number of hydrogen-bond donors (Lipinski definition) is 1. The Bertz CT molecular complexity index is 983. The number of aryl methyl sites for hydroxylation is 1. The van der Waals surface area contributed by atoms with Gasteiger partial charge < -0.3 is 5.32 Å². The van der Waals surface area contributed by atoms with E-state index in [1.165, 1.54) is 23.5 Å². The Kier molecular flexibility index (Phi) is 5.86. The molecule has 0 bridgehead atoms. The SMILES string of the molecule is Cc1nn(Cc2ccc(F)cc2Cl)c(C)c1NC(=O)c1cc(Br)c(Br)s1. The van der Waals surface area contributed by atoms with Crippen molar-refractivity contribution in [2.45, 2.75) is 20.4 Å². The molecule has 2 aromatic heterocycles. The third kappa shape index (κ3) is 4.03. The lowest BCUT2D eigenvalue weighted by atomic mass is 10.2. The van der Waals surface area contributed by atoms with Crippen molar-refractivity contribution in [3.05, 3.63) is 65.2 Å². The minimum Gasteiger partial charge on any atom is -0.318 e. The monoisotopic (exact) mass is 519 g/mol. The lowest BCUT2D eigenvalue weighted by Gasteiger charge is -2.08. The molecule has 0 aliphatic rings. The highest BCUT2D eigenvalue weighted by Gasteiger charge is 2.18. The summed E-state index contributed by atoms with van der Waals surface area (Å²) in [5.41, 5.74) is 2.91. The largest absolute Gasteiger partial charge is 0.318 e. The number of nitrogens with one attached hydrogen (secondary N) is 1. The van der Waals surface area contributed by atoms with Crippen molar-refractivity contribution in [3.63, 3.8) is 0 Å². The average molecular weight is 522 g/mol. The summed E-state index contributed by atoms with van der Waals surface area (Å²) in [6, 6.07) is 6.03. The first-order valence-electron chi connectivity index (χ1n) is 7.50. The minimum absolute atomic E-state index is 0.202. The van der Waals surface area contributed by atoms with E-state index in [9.17, 15) is 9.18 Å². The summed E-state index contributed by atoms with van der Waals surface area (Å²) >= 11 is 14.2. The fourth-order valence-electron chi connectivity index (χ4n) is 2.48. The van der Waals surface area contributed by atoms with E-state index in [0.29, 0.717) is 27.8 Å². The Morgan fingerprint density at radius 1 is 1.35 bits per heavy atom. The molecule has 0 saturated carbocycles. The molecular formula is C17H13Br2ClFN3OS. The van der Waals surface area contributed by atoms with Gasteiger partial charge in [-0.3, -0.25) is 9.48 Å². The zero-order valence-electron chi connectivity index (χ0n) is 13.7. The summed E-state index contributed by atoms with van der Waals surface area (Å²) in [5, 5.41) is 7.74. The Morgan fingerprint density at radius 2 is 2.08 bits per heavy atom. The third-order valence-corrected chi connectivity index (χ3v) is 7.43. The molecule has 0 atom stereocenters. The van der Waals surface area contributed by atoms with Gasteiger partial charge in [0.1, 0.15) is 5.82 Å². The molecule has 4 nitrogen and oxygen atoms in total. The highest BCUT2D eigenvalue weighted by molar-refractivity contribution is 9.13. The number of carbonyl (C=O) groups excluding carboxylic acids is 1. The van der Waals surface area contributed by atoms with Crippen LogP contribution in [0.3, 0.4) is 0 Å². The number of amides is 1. The van der Waals surface area contributed by atoms with Gasteiger partial charge >= 0.3 is 0 Å². The molecule has 1 N–H and O–H groups in total. The fraction of sp³-hybridized carbons (Fsp3) is 0.176. The van der Waals surface area contributed by atoms with Gasteiger partial charge in [-0.1, -0.05) is 17.7 Å². The van der Waals surface area contributed by atoms with E-state index < -0.39 is 0 Å². The lowest BCUT2D eigenvalue weighted by Crippen LogP contribution is -2.12. The van der Waals surface area contributed by atoms with Gasteiger partial charge in [-0.05, 0) is 69.5 Å². The molecule has 26 heavy (non-hydrogen) atoms. The van der Waals surface area contributed by atoms with Gasteiger partial charge in [-0.2, -0.15) is 5.10 Å². The highest BCUT2D eigenvalue weighted by Crippen LogP contribution is 2.33. The van der Waals surface area contributed by atoms with E-state index in [2.05, 4.69) is 42.3 Å². The molecular weight excluding hydrogens is 509 g/mol. The molecule has 0 aliphatic heterocycles. The summed E-state index contributed by atoms with van der Waals surface area (Å²) in [6.07, 6.45) is 0. The predicted octanol–water partition coefficient (Wildman–Crippen LogP) is 6.18. The van der Waals surface area contributed by atoms with E-state index in [4.69, 9.17) is 11.6 Å². The van der Waals surface area contributed by atoms with Crippen LogP contribution >= 0.6 is 54.8 Å². The molecule has 0 spiro atoms. The van der Waals surface area contributed by atoms with Crippen LogP contribution in [0.2, 0.25) is 5.02 Å². The fourth-order valence-corrected chi connectivity index (χ4v) is 4.63. The van der Waals surface area contributed by atoms with Crippen molar-refractivity contribution < 1.29 is 9.18 Å². The summed E-state index contributed by atoms with van der Waals surface area (Å²) in [6.45, 7) is 4.08. The van der Waals surface area contributed by atoms with Crippen LogP contribution in [0, 0.1) is 19.7 Å². The van der Waals surface area contributed by atoms with E-state index in [1.807, 2.05) is 13.8 Å². The van der Waals surface area contributed by atoms with Crippen LogP contribution in [-0.2, 0) is 6.54 Å². The molecule has 9 heteroatoms. The quantitative estimate of drug-likeness (QED) is 0.446. The Morgan fingerprint density at radius 3 is 2.69 bits per heavy atom. The maximum atomic E-state index is 13.2. The second-order valence-corrected chi connectivity index (χ2v) is 9.26. The van der Waals surface area contributed by atoms with Crippen LogP contribution in [0.15, 0.2) is 32.5 Å². The molecule has 0 saturated heterocycles. The molecule has 0 fully saturated rings. The second kappa shape index (κ2) is 7.80. The van der Waals surface area contributed by atoms with Gasteiger partial charge in [0.2, 0.25) is 0 Å². The number of rotatable bonds is 4. The van der Waals surface area contributed by atoms with Crippen molar-refractivity contribution in [2.75, 3.05) is 5.32 Å². The standard InChI is InChI=1S/C17H13Br2ClFN3OS/c1-8-15(22-17(25)14-6-12(18)16(19)26-14)9(2)24(23-8)7-10-3-4-11(21)5-13(10)20/h3-6H,7H2,1-2H3,(H,22,25). The summed E-state index contributed by atoms with van der Waals surface area (Å²) in [5.74, 6) is -0.583. The molecule has 3 aromatic rings. The number of aromatic nitrogens is 2. The number of halogens is 4. The molecule has 0 aliphatic carbocycles.